The lowest BCUT2D eigenvalue weighted by atomic mass is 10.1. The van der Waals surface area contributed by atoms with Gasteiger partial charge >= 0.3 is 0 Å². The topological polar surface area (TPSA) is 45.0 Å². The SMILES string of the molecule is COc1ccc(F)c(Nc2ccc(C)cc2C#N)c1. The Balaban J connectivity index is 2.39. The number of aryl methyl sites for hydroxylation is 1. The summed E-state index contributed by atoms with van der Waals surface area (Å²) in [7, 11) is 1.52. The molecule has 19 heavy (non-hydrogen) atoms. The van der Waals surface area contributed by atoms with Crippen LogP contribution in [0.1, 0.15) is 11.1 Å². The molecule has 2 aromatic carbocycles. The van der Waals surface area contributed by atoms with E-state index in [1.165, 1.54) is 13.2 Å². The molecule has 0 radical (unpaired) electrons. The molecule has 2 aromatic rings. The normalized spacial score (nSPS) is 9.79. The van der Waals surface area contributed by atoms with Crippen molar-refractivity contribution in [3.05, 3.63) is 53.3 Å². The average Bonchev–Trinajstić information content (AvgIpc) is 2.43. The van der Waals surface area contributed by atoms with Crippen molar-refractivity contribution in [1.82, 2.24) is 0 Å². The predicted molar refractivity (Wildman–Crippen MR) is 72.1 cm³/mol. The molecule has 0 aliphatic heterocycles. The van der Waals surface area contributed by atoms with E-state index in [0.29, 0.717) is 17.0 Å². The van der Waals surface area contributed by atoms with Crippen LogP contribution in [0.2, 0.25) is 0 Å². The number of nitrogens with one attached hydrogen (secondary N) is 1. The summed E-state index contributed by atoms with van der Waals surface area (Å²) < 4.78 is 18.8. The van der Waals surface area contributed by atoms with Crippen molar-refractivity contribution >= 4 is 11.4 Å². The molecule has 0 spiro atoms. The Kier molecular flexibility index (Phi) is 3.67. The van der Waals surface area contributed by atoms with Crippen molar-refractivity contribution in [2.75, 3.05) is 12.4 Å². The van der Waals surface area contributed by atoms with Gasteiger partial charge in [0.15, 0.2) is 0 Å². The summed E-state index contributed by atoms with van der Waals surface area (Å²) in [6, 6.07) is 11.9. The van der Waals surface area contributed by atoms with Crippen LogP contribution in [0.25, 0.3) is 0 Å². The van der Waals surface area contributed by atoms with E-state index in [1.807, 2.05) is 13.0 Å². The standard InChI is InChI=1S/C15H13FN2O/c1-10-3-6-14(11(7-10)9-17)18-15-8-12(19-2)4-5-13(15)16/h3-8,18H,1-2H3. The van der Waals surface area contributed by atoms with Crippen molar-refractivity contribution < 1.29 is 9.13 Å². The van der Waals surface area contributed by atoms with E-state index in [0.717, 1.165) is 5.56 Å². The molecule has 0 saturated carbocycles. The van der Waals surface area contributed by atoms with Gasteiger partial charge in [0.2, 0.25) is 0 Å². The Morgan fingerprint density at radius 3 is 2.63 bits per heavy atom. The molecule has 96 valence electrons. The van der Waals surface area contributed by atoms with Crippen LogP contribution in [0, 0.1) is 24.1 Å². The van der Waals surface area contributed by atoms with Gasteiger partial charge in [-0.15, -0.1) is 0 Å². The minimum absolute atomic E-state index is 0.278. The quantitative estimate of drug-likeness (QED) is 0.909. The molecule has 0 aliphatic rings. The number of hydrogen-bond acceptors (Lipinski definition) is 3. The van der Waals surface area contributed by atoms with Gasteiger partial charge < -0.3 is 10.1 Å². The Labute approximate surface area is 111 Å². The fourth-order valence-electron chi connectivity index (χ4n) is 1.73. The van der Waals surface area contributed by atoms with Crippen molar-refractivity contribution in [1.29, 1.82) is 5.26 Å². The number of nitriles is 1. The maximum absolute atomic E-state index is 13.7. The third-order valence-corrected chi connectivity index (χ3v) is 2.74. The van der Waals surface area contributed by atoms with Crippen molar-refractivity contribution in [3.63, 3.8) is 0 Å². The lowest BCUT2D eigenvalue weighted by molar-refractivity contribution is 0.414. The number of ether oxygens (including phenoxy) is 1. The maximum atomic E-state index is 13.7. The van der Waals surface area contributed by atoms with E-state index in [-0.39, 0.29) is 5.69 Å². The lowest BCUT2D eigenvalue weighted by Crippen LogP contribution is -1.97. The number of hydrogen-bond donors (Lipinski definition) is 1. The molecule has 4 heteroatoms. The van der Waals surface area contributed by atoms with Crippen LogP contribution in [0.5, 0.6) is 5.75 Å². The van der Waals surface area contributed by atoms with Crippen molar-refractivity contribution in [2.45, 2.75) is 6.92 Å². The zero-order valence-electron chi connectivity index (χ0n) is 10.7. The highest BCUT2D eigenvalue weighted by Crippen LogP contribution is 2.26. The second-order valence-corrected chi connectivity index (χ2v) is 4.13. The summed E-state index contributed by atoms with van der Waals surface area (Å²) >= 11 is 0. The molecule has 0 fully saturated rings. The fraction of sp³-hybridized carbons (Fsp3) is 0.133. The van der Waals surface area contributed by atoms with Crippen LogP contribution in [0.15, 0.2) is 36.4 Å². The minimum atomic E-state index is -0.398. The molecule has 0 bridgehead atoms. The molecule has 2 rings (SSSR count). The van der Waals surface area contributed by atoms with Gasteiger partial charge in [-0.2, -0.15) is 5.26 Å². The highest BCUT2D eigenvalue weighted by Gasteiger charge is 2.07. The number of halogens is 1. The van der Waals surface area contributed by atoms with Crippen LogP contribution < -0.4 is 10.1 Å². The number of benzene rings is 2. The van der Waals surface area contributed by atoms with Gasteiger partial charge in [0.25, 0.3) is 0 Å². The Bertz CT molecular complexity index is 647. The molecular formula is C15H13FN2O. The van der Waals surface area contributed by atoms with Crippen LogP contribution in [0.4, 0.5) is 15.8 Å². The Morgan fingerprint density at radius 1 is 1.16 bits per heavy atom. The van der Waals surface area contributed by atoms with Gasteiger partial charge in [0, 0.05) is 6.07 Å². The van der Waals surface area contributed by atoms with E-state index in [4.69, 9.17) is 10.00 Å². The first kappa shape index (κ1) is 12.9. The molecule has 0 aromatic heterocycles. The van der Waals surface area contributed by atoms with Crippen LogP contribution in [-0.2, 0) is 0 Å². The number of methoxy groups -OCH3 is 1. The first-order valence-corrected chi connectivity index (χ1v) is 5.75. The number of rotatable bonds is 3. The molecular weight excluding hydrogens is 243 g/mol. The molecule has 3 nitrogen and oxygen atoms in total. The van der Waals surface area contributed by atoms with E-state index >= 15 is 0 Å². The molecule has 0 atom stereocenters. The number of nitrogens with zero attached hydrogens (tertiary/aromatic N) is 1. The molecule has 0 heterocycles. The minimum Gasteiger partial charge on any atom is -0.497 e. The predicted octanol–water partition coefficient (Wildman–Crippen LogP) is 3.76. The highest BCUT2D eigenvalue weighted by atomic mass is 19.1. The summed E-state index contributed by atoms with van der Waals surface area (Å²) in [5.41, 5.74) is 2.30. The summed E-state index contributed by atoms with van der Waals surface area (Å²) in [4.78, 5) is 0. The monoisotopic (exact) mass is 256 g/mol. The lowest BCUT2D eigenvalue weighted by Gasteiger charge is -2.11. The van der Waals surface area contributed by atoms with Crippen molar-refractivity contribution in [2.24, 2.45) is 0 Å². The third kappa shape index (κ3) is 2.83. The summed E-state index contributed by atoms with van der Waals surface area (Å²) in [5.74, 6) is 0.153. The molecule has 0 unspecified atom stereocenters. The highest BCUT2D eigenvalue weighted by molar-refractivity contribution is 5.68. The smallest absolute Gasteiger partial charge is 0.146 e. The van der Waals surface area contributed by atoms with Gasteiger partial charge in [0.1, 0.15) is 17.6 Å². The van der Waals surface area contributed by atoms with E-state index in [2.05, 4.69) is 11.4 Å². The van der Waals surface area contributed by atoms with E-state index < -0.39 is 5.82 Å². The second kappa shape index (κ2) is 5.40. The Hall–Kier alpha value is -2.54. The van der Waals surface area contributed by atoms with Gasteiger partial charge in [-0.1, -0.05) is 6.07 Å². The largest absolute Gasteiger partial charge is 0.497 e. The fourth-order valence-corrected chi connectivity index (χ4v) is 1.73. The first-order chi connectivity index (χ1) is 9.13. The molecule has 0 aliphatic carbocycles. The van der Waals surface area contributed by atoms with Gasteiger partial charge in [-0.3, -0.25) is 0 Å². The first-order valence-electron chi connectivity index (χ1n) is 5.75. The van der Waals surface area contributed by atoms with E-state index in [9.17, 15) is 4.39 Å². The summed E-state index contributed by atoms with van der Waals surface area (Å²) in [6.45, 7) is 1.90. The zero-order valence-corrected chi connectivity index (χ0v) is 10.7. The van der Waals surface area contributed by atoms with E-state index in [1.54, 1.807) is 24.3 Å². The third-order valence-electron chi connectivity index (χ3n) is 2.74. The maximum Gasteiger partial charge on any atom is 0.146 e. The average molecular weight is 256 g/mol. The second-order valence-electron chi connectivity index (χ2n) is 4.13. The van der Waals surface area contributed by atoms with Crippen LogP contribution >= 0.6 is 0 Å². The van der Waals surface area contributed by atoms with Gasteiger partial charge in [0.05, 0.1) is 24.0 Å². The zero-order chi connectivity index (χ0) is 13.8. The molecule has 0 saturated heterocycles. The molecule has 1 N–H and O–H groups in total. The van der Waals surface area contributed by atoms with Gasteiger partial charge in [-0.25, -0.2) is 4.39 Å². The van der Waals surface area contributed by atoms with Crippen molar-refractivity contribution in [3.8, 4) is 11.8 Å². The van der Waals surface area contributed by atoms with Crippen LogP contribution in [-0.4, -0.2) is 7.11 Å². The van der Waals surface area contributed by atoms with Crippen LogP contribution in [0.3, 0.4) is 0 Å². The number of anilines is 2. The van der Waals surface area contributed by atoms with Gasteiger partial charge in [-0.05, 0) is 36.8 Å². The summed E-state index contributed by atoms with van der Waals surface area (Å²) in [5, 5.41) is 12.0. The molecule has 0 amide bonds. The Morgan fingerprint density at radius 2 is 1.95 bits per heavy atom. The summed E-state index contributed by atoms with van der Waals surface area (Å²) in [6.07, 6.45) is 0.